The molecule has 0 saturated heterocycles. The van der Waals surface area contributed by atoms with Crippen LogP contribution in [0, 0.1) is 17.8 Å². The molecule has 1 amide bonds. The molecule has 4 nitrogen and oxygen atoms in total. The van der Waals surface area contributed by atoms with E-state index in [1.54, 1.807) is 0 Å². The number of nitrogens with one attached hydrogen (secondary N) is 1. The van der Waals surface area contributed by atoms with Gasteiger partial charge in [0.2, 0.25) is 0 Å². The molecule has 0 saturated carbocycles. The van der Waals surface area contributed by atoms with E-state index >= 15 is 0 Å². The maximum atomic E-state index is 13.6. The minimum absolute atomic E-state index is 0.0415. The molecule has 4 aliphatic rings. The van der Waals surface area contributed by atoms with E-state index < -0.39 is 5.54 Å². The van der Waals surface area contributed by atoms with Crippen molar-refractivity contribution in [1.82, 2.24) is 4.90 Å². The Balaban J connectivity index is 1.86. The molecule has 0 fully saturated rings. The number of allylic oxidation sites excluding steroid dienone is 3. The minimum Gasteiger partial charge on any atom is -0.323 e. The zero-order chi connectivity index (χ0) is 18.8. The minimum atomic E-state index is -0.822. The molecule has 27 heavy (non-hydrogen) atoms. The molecule has 3 heterocycles. The first-order valence-corrected chi connectivity index (χ1v) is 9.93. The predicted molar refractivity (Wildman–Crippen MR) is 108 cm³/mol. The van der Waals surface area contributed by atoms with Crippen LogP contribution in [0.15, 0.2) is 65.0 Å². The summed E-state index contributed by atoms with van der Waals surface area (Å²) in [7, 11) is 0. The van der Waals surface area contributed by atoms with E-state index in [2.05, 4.69) is 37.1 Å². The van der Waals surface area contributed by atoms with Crippen LogP contribution < -0.4 is 5.32 Å². The van der Waals surface area contributed by atoms with Gasteiger partial charge in [-0.2, -0.15) is 0 Å². The van der Waals surface area contributed by atoms with E-state index in [1.807, 2.05) is 42.6 Å². The van der Waals surface area contributed by atoms with Gasteiger partial charge < -0.3 is 10.2 Å². The van der Waals surface area contributed by atoms with E-state index in [1.165, 1.54) is 5.57 Å². The van der Waals surface area contributed by atoms with Crippen LogP contribution in [0.4, 0.5) is 5.69 Å². The van der Waals surface area contributed by atoms with E-state index in [0.717, 1.165) is 35.6 Å². The number of fused-ring (bicyclic) bond motifs is 5. The zero-order valence-electron chi connectivity index (χ0n) is 16.1. The molecule has 1 N–H and O–H groups in total. The monoisotopic (exact) mass is 359 g/mol. The van der Waals surface area contributed by atoms with Gasteiger partial charge in [-0.15, -0.1) is 0 Å². The van der Waals surface area contributed by atoms with Crippen LogP contribution >= 0.6 is 0 Å². The van der Waals surface area contributed by atoms with Crippen molar-refractivity contribution in [3.63, 3.8) is 0 Å². The molecule has 1 aromatic carbocycles. The van der Waals surface area contributed by atoms with Crippen LogP contribution in [0.1, 0.15) is 39.2 Å². The number of benzene rings is 1. The first-order valence-electron chi connectivity index (χ1n) is 9.93. The highest BCUT2D eigenvalue weighted by atomic mass is 16.2. The number of carbonyl (C=O) groups is 1. The fourth-order valence-electron chi connectivity index (χ4n) is 5.31. The van der Waals surface area contributed by atoms with Crippen molar-refractivity contribution in [2.45, 2.75) is 39.2 Å². The first-order chi connectivity index (χ1) is 13.0. The number of para-hydroxylation sites is 1. The Morgan fingerprint density at radius 3 is 2.85 bits per heavy atom. The van der Waals surface area contributed by atoms with E-state index in [9.17, 15) is 4.79 Å². The van der Waals surface area contributed by atoms with Gasteiger partial charge in [0.15, 0.2) is 5.54 Å². The second-order valence-corrected chi connectivity index (χ2v) is 8.38. The number of aliphatic imine (C=N–C) groups is 1. The van der Waals surface area contributed by atoms with Gasteiger partial charge in [0.25, 0.3) is 5.91 Å². The molecule has 138 valence electrons. The Kier molecular flexibility index (Phi) is 3.48. The van der Waals surface area contributed by atoms with Crippen molar-refractivity contribution in [2.24, 2.45) is 22.7 Å². The largest absolute Gasteiger partial charge is 0.323 e. The van der Waals surface area contributed by atoms with Gasteiger partial charge in [0, 0.05) is 29.1 Å². The van der Waals surface area contributed by atoms with Crippen molar-refractivity contribution in [3.05, 3.63) is 65.5 Å². The molecule has 0 aromatic heterocycles. The molecule has 1 aliphatic carbocycles. The molecule has 5 rings (SSSR count). The fourth-order valence-corrected chi connectivity index (χ4v) is 5.31. The number of nitrogens with zero attached hydrogens (tertiary/aromatic N) is 2. The molecular formula is C23H25N3O. The van der Waals surface area contributed by atoms with Crippen LogP contribution in [0.3, 0.4) is 0 Å². The van der Waals surface area contributed by atoms with E-state index in [-0.39, 0.29) is 5.91 Å². The van der Waals surface area contributed by atoms with Gasteiger partial charge >= 0.3 is 0 Å². The summed E-state index contributed by atoms with van der Waals surface area (Å²) in [4.78, 5) is 20.8. The van der Waals surface area contributed by atoms with Gasteiger partial charge in [-0.05, 0) is 48.5 Å². The summed E-state index contributed by atoms with van der Waals surface area (Å²) in [6, 6.07) is 8.12. The van der Waals surface area contributed by atoms with Gasteiger partial charge in [-0.1, -0.05) is 45.0 Å². The summed E-state index contributed by atoms with van der Waals surface area (Å²) in [5, 5.41) is 3.16. The first kappa shape index (κ1) is 16.5. The maximum Gasteiger partial charge on any atom is 0.259 e. The van der Waals surface area contributed by atoms with Crippen LogP contribution in [0.5, 0.6) is 0 Å². The van der Waals surface area contributed by atoms with Crippen LogP contribution in [-0.2, 0) is 10.3 Å². The third-order valence-corrected chi connectivity index (χ3v) is 6.55. The van der Waals surface area contributed by atoms with Crippen molar-refractivity contribution in [3.8, 4) is 0 Å². The summed E-state index contributed by atoms with van der Waals surface area (Å²) in [6.07, 6.45) is 10.3. The third kappa shape index (κ3) is 2.04. The van der Waals surface area contributed by atoms with Crippen LogP contribution in [0.2, 0.25) is 0 Å². The molecule has 0 bridgehead atoms. The average molecular weight is 359 g/mol. The van der Waals surface area contributed by atoms with Crippen LogP contribution in [-0.4, -0.2) is 16.6 Å². The molecule has 4 heteroatoms. The highest BCUT2D eigenvalue weighted by molar-refractivity contribution is 6.13. The second-order valence-electron chi connectivity index (χ2n) is 8.38. The highest BCUT2D eigenvalue weighted by Crippen LogP contribution is 2.55. The smallest absolute Gasteiger partial charge is 0.259 e. The van der Waals surface area contributed by atoms with Gasteiger partial charge in [0.05, 0.1) is 0 Å². The number of amidine groups is 1. The maximum absolute atomic E-state index is 13.6. The topological polar surface area (TPSA) is 44.7 Å². The fraction of sp³-hybridized carbons (Fsp3) is 0.391. The summed E-state index contributed by atoms with van der Waals surface area (Å²) < 4.78 is 0. The molecular weight excluding hydrogens is 334 g/mol. The van der Waals surface area contributed by atoms with Gasteiger partial charge in [-0.3, -0.25) is 4.79 Å². The predicted octanol–water partition coefficient (Wildman–Crippen LogP) is 4.59. The number of amides is 1. The van der Waals surface area contributed by atoms with Crippen molar-refractivity contribution >= 4 is 17.4 Å². The number of carbonyl (C=O) groups excluding carboxylic acids is 1. The third-order valence-electron chi connectivity index (χ3n) is 6.55. The van der Waals surface area contributed by atoms with Gasteiger partial charge in [0.1, 0.15) is 5.84 Å². The summed E-state index contributed by atoms with van der Waals surface area (Å²) in [6.45, 7) is 6.79. The zero-order valence-corrected chi connectivity index (χ0v) is 16.1. The lowest BCUT2D eigenvalue weighted by atomic mass is 9.66. The number of rotatable bonds is 1. The highest BCUT2D eigenvalue weighted by Gasteiger charge is 2.59. The molecule has 3 unspecified atom stereocenters. The Labute approximate surface area is 160 Å². The van der Waals surface area contributed by atoms with E-state index in [0.29, 0.717) is 17.8 Å². The Hall–Kier alpha value is -2.62. The SMILES string of the molecule is CC1CCC(C(C)C)C2=C1C1(C(=O)Nc3ccccc31)N1C=CC=CC1=N2. The van der Waals surface area contributed by atoms with Crippen molar-refractivity contribution in [2.75, 3.05) is 5.32 Å². The Morgan fingerprint density at radius 1 is 1.22 bits per heavy atom. The number of hydrogen-bond acceptors (Lipinski definition) is 3. The molecule has 3 aliphatic heterocycles. The normalized spacial score (nSPS) is 31.0. The molecule has 0 radical (unpaired) electrons. The van der Waals surface area contributed by atoms with Crippen LogP contribution in [0.25, 0.3) is 0 Å². The lowest BCUT2D eigenvalue weighted by Crippen LogP contribution is -2.56. The Morgan fingerprint density at radius 2 is 2.04 bits per heavy atom. The number of anilines is 1. The Bertz CT molecular complexity index is 952. The van der Waals surface area contributed by atoms with Crippen molar-refractivity contribution in [1.29, 1.82) is 0 Å². The van der Waals surface area contributed by atoms with Crippen molar-refractivity contribution < 1.29 is 4.79 Å². The molecule has 1 aromatic rings. The lowest BCUT2D eigenvalue weighted by molar-refractivity contribution is -0.123. The molecule has 3 atom stereocenters. The summed E-state index contributed by atoms with van der Waals surface area (Å²) in [5.74, 6) is 2.11. The lowest BCUT2D eigenvalue weighted by Gasteiger charge is -2.49. The average Bonchev–Trinajstić information content (AvgIpc) is 2.94. The standard InChI is InChI=1S/C23H25N3O/c1-14(2)16-12-11-15(3)20-21(16)25-19-10-6-7-13-26(19)23(20)17-8-4-5-9-18(17)24-22(23)27/h4-10,13-16H,11-12H2,1-3H3,(H,24,27). The summed E-state index contributed by atoms with van der Waals surface area (Å²) >= 11 is 0. The molecule has 1 spiro atoms. The quantitative estimate of drug-likeness (QED) is 0.797. The second kappa shape index (κ2) is 5.69. The van der Waals surface area contributed by atoms with E-state index in [4.69, 9.17) is 4.99 Å². The summed E-state index contributed by atoms with van der Waals surface area (Å²) in [5.41, 5.74) is 3.47. The number of hydrogen-bond donors (Lipinski definition) is 1. The van der Waals surface area contributed by atoms with Gasteiger partial charge in [-0.25, -0.2) is 4.99 Å².